The predicted octanol–water partition coefficient (Wildman–Crippen LogP) is 9.45. The first-order valence-corrected chi connectivity index (χ1v) is 12.0. The predicted molar refractivity (Wildman–Crippen MR) is 129 cm³/mol. The summed E-state index contributed by atoms with van der Waals surface area (Å²) in [6.07, 6.45) is 12.5. The van der Waals surface area contributed by atoms with Gasteiger partial charge in [0.25, 0.3) is 6.08 Å². The van der Waals surface area contributed by atoms with Crippen LogP contribution in [-0.4, -0.2) is 6.61 Å². The number of hydrogen-bond donors (Lipinski definition) is 0. The van der Waals surface area contributed by atoms with Crippen molar-refractivity contribution in [1.82, 2.24) is 0 Å². The van der Waals surface area contributed by atoms with Crippen molar-refractivity contribution in [2.75, 3.05) is 6.61 Å². The van der Waals surface area contributed by atoms with E-state index >= 15 is 0 Å². The van der Waals surface area contributed by atoms with Gasteiger partial charge in [-0.15, -0.1) is 0 Å². The van der Waals surface area contributed by atoms with Gasteiger partial charge in [-0.2, -0.15) is 8.78 Å². The second kappa shape index (κ2) is 14.8. The summed E-state index contributed by atoms with van der Waals surface area (Å²) in [7, 11) is 0. The molecule has 0 spiro atoms. The zero-order chi connectivity index (χ0) is 22.3. The number of rotatable bonds is 15. The van der Waals surface area contributed by atoms with Crippen molar-refractivity contribution in [3.63, 3.8) is 0 Å². The van der Waals surface area contributed by atoms with E-state index in [4.69, 9.17) is 4.74 Å². The highest BCUT2D eigenvalue weighted by atomic mass is 19.3. The molecule has 2 aromatic rings. The maximum Gasteiger partial charge on any atom is 0.270 e. The van der Waals surface area contributed by atoms with Crippen LogP contribution in [0.5, 0.6) is 5.75 Å². The van der Waals surface area contributed by atoms with Crippen molar-refractivity contribution in [3.8, 4) is 16.9 Å². The van der Waals surface area contributed by atoms with E-state index in [9.17, 15) is 8.78 Å². The van der Waals surface area contributed by atoms with Crippen molar-refractivity contribution in [3.05, 3.63) is 59.7 Å². The fraction of sp³-hybridized carbons (Fsp3) is 0.500. The summed E-state index contributed by atoms with van der Waals surface area (Å²) in [4.78, 5) is 0. The molecule has 0 N–H and O–H groups in total. The lowest BCUT2D eigenvalue weighted by atomic mass is 9.97. The summed E-state index contributed by atoms with van der Waals surface area (Å²) in [6, 6.07) is 13.8. The molecule has 0 aliphatic rings. The third kappa shape index (κ3) is 9.67. The smallest absolute Gasteiger partial charge is 0.270 e. The lowest BCUT2D eigenvalue weighted by Gasteiger charge is -2.12. The second-order valence-corrected chi connectivity index (χ2v) is 8.31. The van der Waals surface area contributed by atoms with Crippen LogP contribution in [0, 0.1) is 0 Å². The standard InChI is InChI=1S/C28H38F2O/c1-3-5-7-9-10-11-13-23-14-16-24(17-15-23)27-19-18-26(21-25(27)22-28(29)30)31-20-12-8-6-4-2/h14-19,21-22H,3-13,20H2,1-2H3. The zero-order valence-electron chi connectivity index (χ0n) is 19.3. The highest BCUT2D eigenvalue weighted by Gasteiger charge is 2.08. The van der Waals surface area contributed by atoms with Gasteiger partial charge in [0.1, 0.15) is 5.75 Å². The first-order valence-electron chi connectivity index (χ1n) is 12.0. The van der Waals surface area contributed by atoms with Crippen LogP contribution >= 0.6 is 0 Å². The Labute approximate surface area is 187 Å². The molecular formula is C28H38F2O. The van der Waals surface area contributed by atoms with Gasteiger partial charge in [0, 0.05) is 6.08 Å². The van der Waals surface area contributed by atoms with Crippen molar-refractivity contribution >= 4 is 6.08 Å². The SMILES string of the molecule is CCCCCCCCc1ccc(-c2ccc(OCCCCCC)cc2C=C(F)F)cc1. The Bertz CT molecular complexity index is 776. The number of benzene rings is 2. The third-order valence-electron chi connectivity index (χ3n) is 5.64. The summed E-state index contributed by atoms with van der Waals surface area (Å²) in [5, 5.41) is 0. The Morgan fingerprint density at radius 1 is 0.774 bits per heavy atom. The quantitative estimate of drug-likeness (QED) is 0.257. The van der Waals surface area contributed by atoms with Crippen LogP contribution in [0.25, 0.3) is 17.2 Å². The Balaban J connectivity index is 2.00. The van der Waals surface area contributed by atoms with Gasteiger partial charge >= 0.3 is 0 Å². The maximum absolute atomic E-state index is 13.1. The lowest BCUT2D eigenvalue weighted by molar-refractivity contribution is 0.305. The topological polar surface area (TPSA) is 9.23 Å². The lowest BCUT2D eigenvalue weighted by Crippen LogP contribution is -1.98. The fourth-order valence-corrected chi connectivity index (χ4v) is 3.81. The number of unbranched alkanes of at least 4 members (excludes halogenated alkanes) is 8. The summed E-state index contributed by atoms with van der Waals surface area (Å²) in [5.41, 5.74) is 3.56. The molecular weight excluding hydrogens is 390 g/mol. The molecule has 3 heteroatoms. The molecule has 2 aromatic carbocycles. The molecule has 0 atom stereocenters. The number of aryl methyl sites for hydroxylation is 1. The van der Waals surface area contributed by atoms with E-state index in [0.717, 1.165) is 36.5 Å². The molecule has 0 aromatic heterocycles. The highest BCUT2D eigenvalue weighted by Crippen LogP contribution is 2.30. The van der Waals surface area contributed by atoms with Gasteiger partial charge < -0.3 is 4.74 Å². The minimum Gasteiger partial charge on any atom is -0.494 e. The molecule has 0 heterocycles. The summed E-state index contributed by atoms with van der Waals surface area (Å²) in [5.74, 6) is 0.646. The average molecular weight is 429 g/mol. The van der Waals surface area contributed by atoms with Crippen LogP contribution in [0.4, 0.5) is 8.78 Å². The van der Waals surface area contributed by atoms with Gasteiger partial charge in [-0.25, -0.2) is 0 Å². The molecule has 170 valence electrons. The molecule has 0 fully saturated rings. The van der Waals surface area contributed by atoms with Gasteiger partial charge in [-0.05, 0) is 53.6 Å². The molecule has 2 rings (SSSR count). The van der Waals surface area contributed by atoms with Crippen LogP contribution in [0.3, 0.4) is 0 Å². The van der Waals surface area contributed by atoms with Gasteiger partial charge in [-0.3, -0.25) is 0 Å². The Hall–Kier alpha value is -2.16. The first-order chi connectivity index (χ1) is 15.1. The minimum atomic E-state index is -1.69. The molecule has 0 aliphatic carbocycles. The van der Waals surface area contributed by atoms with Gasteiger partial charge in [0.05, 0.1) is 6.61 Å². The fourth-order valence-electron chi connectivity index (χ4n) is 3.81. The van der Waals surface area contributed by atoms with Gasteiger partial charge in [0.2, 0.25) is 0 Å². The monoisotopic (exact) mass is 428 g/mol. The number of ether oxygens (including phenoxy) is 1. The Morgan fingerprint density at radius 3 is 2.10 bits per heavy atom. The van der Waals surface area contributed by atoms with Crippen LogP contribution in [0.2, 0.25) is 0 Å². The molecule has 0 saturated heterocycles. The average Bonchev–Trinajstić information content (AvgIpc) is 2.76. The molecule has 0 amide bonds. The second-order valence-electron chi connectivity index (χ2n) is 8.31. The van der Waals surface area contributed by atoms with E-state index in [-0.39, 0.29) is 0 Å². The van der Waals surface area contributed by atoms with Crippen LogP contribution in [0.1, 0.15) is 89.2 Å². The van der Waals surface area contributed by atoms with Crippen molar-refractivity contribution in [2.24, 2.45) is 0 Å². The first kappa shape index (κ1) is 25.1. The summed E-state index contributed by atoms with van der Waals surface area (Å²) in [6.45, 7) is 5.03. The number of halogens is 2. The van der Waals surface area contributed by atoms with Crippen LogP contribution in [0.15, 0.2) is 48.5 Å². The van der Waals surface area contributed by atoms with E-state index in [1.807, 2.05) is 24.3 Å². The Morgan fingerprint density at radius 2 is 1.42 bits per heavy atom. The number of hydrogen-bond acceptors (Lipinski definition) is 1. The highest BCUT2D eigenvalue weighted by molar-refractivity contribution is 5.76. The Kier molecular flexibility index (Phi) is 12.0. The van der Waals surface area contributed by atoms with Crippen LogP contribution in [-0.2, 0) is 6.42 Å². The van der Waals surface area contributed by atoms with E-state index in [1.165, 1.54) is 56.9 Å². The summed E-state index contributed by atoms with van der Waals surface area (Å²) < 4.78 is 31.9. The molecule has 0 aliphatic heterocycles. The van der Waals surface area contributed by atoms with E-state index in [0.29, 0.717) is 17.9 Å². The normalized spacial score (nSPS) is 10.8. The molecule has 0 unspecified atom stereocenters. The summed E-state index contributed by atoms with van der Waals surface area (Å²) >= 11 is 0. The van der Waals surface area contributed by atoms with E-state index in [2.05, 4.69) is 26.0 Å². The van der Waals surface area contributed by atoms with Crippen molar-refractivity contribution < 1.29 is 13.5 Å². The minimum absolute atomic E-state index is 0.495. The van der Waals surface area contributed by atoms with E-state index in [1.54, 1.807) is 6.07 Å². The molecule has 1 nitrogen and oxygen atoms in total. The molecule has 0 bridgehead atoms. The van der Waals surface area contributed by atoms with E-state index < -0.39 is 6.08 Å². The largest absolute Gasteiger partial charge is 0.494 e. The maximum atomic E-state index is 13.1. The molecule has 0 radical (unpaired) electrons. The van der Waals surface area contributed by atoms with Crippen molar-refractivity contribution in [1.29, 1.82) is 0 Å². The van der Waals surface area contributed by atoms with Gasteiger partial charge in [-0.1, -0.05) is 95.5 Å². The van der Waals surface area contributed by atoms with Crippen molar-refractivity contribution in [2.45, 2.75) is 84.5 Å². The molecule has 31 heavy (non-hydrogen) atoms. The zero-order valence-corrected chi connectivity index (χ0v) is 19.3. The van der Waals surface area contributed by atoms with Crippen LogP contribution < -0.4 is 4.74 Å². The van der Waals surface area contributed by atoms with Gasteiger partial charge in [0.15, 0.2) is 0 Å². The third-order valence-corrected chi connectivity index (χ3v) is 5.64. The molecule has 0 saturated carbocycles.